The van der Waals surface area contributed by atoms with Crippen LogP contribution in [0.1, 0.15) is 0 Å². The van der Waals surface area contributed by atoms with Gasteiger partial charge in [-0.25, -0.2) is 4.68 Å². The third-order valence-corrected chi connectivity index (χ3v) is 2.60. The Labute approximate surface area is 106 Å². The van der Waals surface area contributed by atoms with Gasteiger partial charge in [0, 0.05) is 30.6 Å². The minimum absolute atomic E-state index is 0.0744. The minimum Gasteiger partial charge on any atom is -0.308 e. The van der Waals surface area contributed by atoms with Crippen molar-refractivity contribution >= 4 is 0 Å². The summed E-state index contributed by atoms with van der Waals surface area (Å²) in [5, 5.41) is 4.36. The van der Waals surface area contributed by atoms with Crippen LogP contribution in [0.2, 0.25) is 0 Å². The number of hydrogen-bond donors (Lipinski definition) is 0. The quantitative estimate of drug-likeness (QED) is 0.800. The number of nitrogens with zero attached hydrogens (tertiary/aromatic N) is 4. The Morgan fingerprint density at radius 1 is 1.17 bits per heavy atom. The molecule has 0 saturated carbocycles. The van der Waals surface area contributed by atoms with E-state index >= 15 is 0 Å². The SMILES string of the molecule is CN(C)CCn1nc(-c2ccncc2)ccc1=O. The van der Waals surface area contributed by atoms with E-state index in [1.54, 1.807) is 24.5 Å². The van der Waals surface area contributed by atoms with E-state index in [-0.39, 0.29) is 5.56 Å². The average Bonchev–Trinajstić information content (AvgIpc) is 2.38. The molecule has 5 nitrogen and oxygen atoms in total. The topological polar surface area (TPSA) is 51.0 Å². The second-order valence-electron chi connectivity index (χ2n) is 4.32. The van der Waals surface area contributed by atoms with Crippen LogP contribution in [0.4, 0.5) is 0 Å². The maximum Gasteiger partial charge on any atom is 0.266 e. The van der Waals surface area contributed by atoms with Crippen molar-refractivity contribution in [3.8, 4) is 11.3 Å². The van der Waals surface area contributed by atoms with E-state index < -0.39 is 0 Å². The first-order valence-corrected chi connectivity index (χ1v) is 5.80. The summed E-state index contributed by atoms with van der Waals surface area (Å²) < 4.78 is 1.50. The maximum atomic E-state index is 11.7. The third-order valence-electron chi connectivity index (χ3n) is 2.60. The predicted octanol–water partition coefficient (Wildman–Crippen LogP) is 0.867. The number of pyridine rings is 1. The summed E-state index contributed by atoms with van der Waals surface area (Å²) >= 11 is 0. The molecule has 2 aromatic rings. The molecule has 18 heavy (non-hydrogen) atoms. The first kappa shape index (κ1) is 12.4. The lowest BCUT2D eigenvalue weighted by molar-refractivity contribution is 0.368. The molecule has 2 aromatic heterocycles. The van der Waals surface area contributed by atoms with Gasteiger partial charge in [0.2, 0.25) is 0 Å². The minimum atomic E-state index is -0.0744. The van der Waals surface area contributed by atoms with Crippen LogP contribution in [0.5, 0.6) is 0 Å². The van der Waals surface area contributed by atoms with Gasteiger partial charge in [-0.2, -0.15) is 5.10 Å². The molecule has 0 aromatic carbocycles. The molecule has 0 bridgehead atoms. The highest BCUT2D eigenvalue weighted by molar-refractivity contribution is 5.56. The van der Waals surface area contributed by atoms with Crippen molar-refractivity contribution < 1.29 is 0 Å². The van der Waals surface area contributed by atoms with Crippen LogP contribution in [-0.4, -0.2) is 40.3 Å². The summed E-state index contributed by atoms with van der Waals surface area (Å²) in [7, 11) is 3.94. The third kappa shape index (κ3) is 3.01. The molecule has 0 spiro atoms. The number of hydrogen-bond acceptors (Lipinski definition) is 4. The van der Waals surface area contributed by atoms with Gasteiger partial charge in [-0.15, -0.1) is 0 Å². The zero-order valence-electron chi connectivity index (χ0n) is 10.6. The van der Waals surface area contributed by atoms with Crippen molar-refractivity contribution in [2.45, 2.75) is 6.54 Å². The summed E-state index contributed by atoms with van der Waals surface area (Å²) in [6, 6.07) is 7.05. The molecule has 0 radical (unpaired) electrons. The fourth-order valence-electron chi connectivity index (χ4n) is 1.58. The Kier molecular flexibility index (Phi) is 3.84. The van der Waals surface area contributed by atoms with Gasteiger partial charge in [0.05, 0.1) is 12.2 Å². The number of rotatable bonds is 4. The fourth-order valence-corrected chi connectivity index (χ4v) is 1.58. The summed E-state index contributed by atoms with van der Waals surface area (Å²) in [6.45, 7) is 1.37. The average molecular weight is 244 g/mol. The fraction of sp³-hybridized carbons (Fsp3) is 0.308. The summed E-state index contributed by atoms with van der Waals surface area (Å²) in [4.78, 5) is 17.7. The highest BCUT2D eigenvalue weighted by Crippen LogP contribution is 2.12. The van der Waals surface area contributed by atoms with Crippen molar-refractivity contribution in [3.63, 3.8) is 0 Å². The van der Waals surface area contributed by atoms with Gasteiger partial charge >= 0.3 is 0 Å². The van der Waals surface area contributed by atoms with Crippen LogP contribution in [0.25, 0.3) is 11.3 Å². The predicted molar refractivity (Wildman–Crippen MR) is 70.3 cm³/mol. The van der Waals surface area contributed by atoms with Crippen LogP contribution in [-0.2, 0) is 6.54 Å². The molecule has 5 heteroatoms. The lowest BCUT2D eigenvalue weighted by Gasteiger charge is -2.11. The zero-order valence-corrected chi connectivity index (χ0v) is 10.6. The highest BCUT2D eigenvalue weighted by atomic mass is 16.1. The highest BCUT2D eigenvalue weighted by Gasteiger charge is 2.03. The van der Waals surface area contributed by atoms with Crippen molar-refractivity contribution in [3.05, 3.63) is 47.0 Å². The van der Waals surface area contributed by atoms with E-state index in [1.165, 1.54) is 4.68 Å². The van der Waals surface area contributed by atoms with Gasteiger partial charge in [-0.3, -0.25) is 9.78 Å². The first-order chi connectivity index (χ1) is 8.66. The van der Waals surface area contributed by atoms with Crippen molar-refractivity contribution in [1.29, 1.82) is 0 Å². The number of likely N-dealkylation sites (N-methyl/N-ethyl adjacent to an activating group) is 1. The van der Waals surface area contributed by atoms with Crippen LogP contribution in [0.15, 0.2) is 41.5 Å². The van der Waals surface area contributed by atoms with Gasteiger partial charge < -0.3 is 4.90 Å². The van der Waals surface area contributed by atoms with Gasteiger partial charge in [0.25, 0.3) is 5.56 Å². The second-order valence-corrected chi connectivity index (χ2v) is 4.32. The molecule has 0 atom stereocenters. The monoisotopic (exact) mass is 244 g/mol. The molecule has 0 unspecified atom stereocenters. The van der Waals surface area contributed by atoms with E-state index in [4.69, 9.17) is 0 Å². The molecule has 2 rings (SSSR count). The molecule has 0 amide bonds. The summed E-state index contributed by atoms with van der Waals surface area (Å²) in [5.74, 6) is 0. The Bertz CT molecular complexity index is 563. The molecular weight excluding hydrogens is 228 g/mol. The van der Waals surface area contributed by atoms with Crippen LogP contribution < -0.4 is 5.56 Å². The summed E-state index contributed by atoms with van der Waals surface area (Å²) in [5.41, 5.74) is 1.68. The molecule has 0 aliphatic heterocycles. The smallest absolute Gasteiger partial charge is 0.266 e. The van der Waals surface area contributed by atoms with E-state index in [2.05, 4.69) is 10.1 Å². The lowest BCUT2D eigenvalue weighted by Crippen LogP contribution is -2.28. The molecular formula is C13H16N4O. The van der Waals surface area contributed by atoms with Crippen LogP contribution in [0, 0.1) is 0 Å². The van der Waals surface area contributed by atoms with E-state index in [0.29, 0.717) is 6.54 Å². The van der Waals surface area contributed by atoms with Gasteiger partial charge in [-0.1, -0.05) is 0 Å². The van der Waals surface area contributed by atoms with Gasteiger partial charge in [-0.05, 0) is 32.3 Å². The molecule has 0 N–H and O–H groups in total. The zero-order chi connectivity index (χ0) is 13.0. The Morgan fingerprint density at radius 2 is 1.89 bits per heavy atom. The standard InChI is InChI=1S/C13H16N4O/c1-16(2)9-10-17-13(18)4-3-12(15-17)11-5-7-14-8-6-11/h3-8H,9-10H2,1-2H3. The van der Waals surface area contributed by atoms with Crippen LogP contribution >= 0.6 is 0 Å². The van der Waals surface area contributed by atoms with Crippen LogP contribution in [0.3, 0.4) is 0 Å². The Hall–Kier alpha value is -2.01. The number of aromatic nitrogens is 3. The molecule has 0 aliphatic rings. The largest absolute Gasteiger partial charge is 0.308 e. The normalized spacial score (nSPS) is 10.8. The van der Waals surface area contributed by atoms with Gasteiger partial charge in [0.15, 0.2) is 0 Å². The second kappa shape index (κ2) is 5.55. The summed E-state index contributed by atoms with van der Waals surface area (Å²) in [6.07, 6.45) is 3.43. The maximum absolute atomic E-state index is 11.7. The molecule has 2 heterocycles. The molecule has 0 saturated heterocycles. The van der Waals surface area contributed by atoms with E-state index in [1.807, 2.05) is 31.1 Å². The molecule has 0 aliphatic carbocycles. The van der Waals surface area contributed by atoms with E-state index in [0.717, 1.165) is 17.8 Å². The molecule has 0 fully saturated rings. The lowest BCUT2D eigenvalue weighted by atomic mass is 10.2. The van der Waals surface area contributed by atoms with Crippen molar-refractivity contribution in [2.24, 2.45) is 0 Å². The Balaban J connectivity index is 2.29. The van der Waals surface area contributed by atoms with E-state index in [9.17, 15) is 4.79 Å². The molecule has 94 valence electrons. The first-order valence-electron chi connectivity index (χ1n) is 5.80. The van der Waals surface area contributed by atoms with Crippen molar-refractivity contribution in [2.75, 3.05) is 20.6 Å². The Morgan fingerprint density at radius 3 is 2.56 bits per heavy atom. The van der Waals surface area contributed by atoms with Crippen molar-refractivity contribution in [1.82, 2.24) is 19.7 Å². The van der Waals surface area contributed by atoms with Gasteiger partial charge in [0.1, 0.15) is 0 Å².